The zero-order valence-electron chi connectivity index (χ0n) is 11.4. The van der Waals surface area contributed by atoms with Crippen LogP contribution in [0.3, 0.4) is 0 Å². The largest absolute Gasteiger partial charge is 0.504 e. The average Bonchev–Trinajstić information content (AvgIpc) is 2.74. The van der Waals surface area contributed by atoms with Crippen LogP contribution in [-0.4, -0.2) is 36.2 Å². The number of phenolic OH excluding ortho intramolecular Hbond substituents is 1. The highest BCUT2D eigenvalue weighted by molar-refractivity contribution is 6.30. The molecule has 1 aromatic rings. The molecule has 1 fully saturated rings. The van der Waals surface area contributed by atoms with Gasteiger partial charge in [-0.15, -0.1) is 0 Å². The Kier molecular flexibility index (Phi) is 4.55. The molecule has 2 atom stereocenters. The number of nitrogens with zero attached hydrogens (tertiary/aromatic N) is 1. The molecule has 0 aromatic heterocycles. The van der Waals surface area contributed by atoms with E-state index in [1.54, 1.807) is 12.1 Å². The maximum atomic E-state index is 10.1. The molecular formula is C14H21ClN2O2. The summed E-state index contributed by atoms with van der Waals surface area (Å²) in [7, 11) is 1.53. The molecule has 2 rings (SSSR count). The van der Waals surface area contributed by atoms with Crippen molar-refractivity contribution in [1.29, 1.82) is 0 Å². The molecule has 0 radical (unpaired) electrons. The Morgan fingerprint density at radius 2 is 2.26 bits per heavy atom. The SMILES string of the molecule is COc1cc(Cl)cc(CN2CC(CN)CC2C)c1O. The first-order valence-corrected chi connectivity index (χ1v) is 6.92. The maximum absolute atomic E-state index is 10.1. The fraction of sp³-hybridized carbons (Fsp3) is 0.571. The molecule has 1 saturated heterocycles. The van der Waals surface area contributed by atoms with Gasteiger partial charge in [0.25, 0.3) is 0 Å². The van der Waals surface area contributed by atoms with Gasteiger partial charge < -0.3 is 15.6 Å². The van der Waals surface area contributed by atoms with Crippen molar-refractivity contribution >= 4 is 11.6 Å². The summed E-state index contributed by atoms with van der Waals surface area (Å²) in [4.78, 5) is 2.32. The Morgan fingerprint density at radius 3 is 2.84 bits per heavy atom. The van der Waals surface area contributed by atoms with Gasteiger partial charge in [-0.3, -0.25) is 4.90 Å². The van der Waals surface area contributed by atoms with Crippen molar-refractivity contribution in [1.82, 2.24) is 4.90 Å². The number of benzene rings is 1. The Bertz CT molecular complexity index is 453. The lowest BCUT2D eigenvalue weighted by Gasteiger charge is -2.22. The monoisotopic (exact) mass is 284 g/mol. The van der Waals surface area contributed by atoms with Crippen LogP contribution in [0.2, 0.25) is 5.02 Å². The van der Waals surface area contributed by atoms with Gasteiger partial charge in [-0.1, -0.05) is 11.6 Å². The van der Waals surface area contributed by atoms with Crippen LogP contribution in [0.15, 0.2) is 12.1 Å². The van der Waals surface area contributed by atoms with Gasteiger partial charge in [-0.05, 0) is 31.9 Å². The molecule has 0 spiro atoms. The summed E-state index contributed by atoms with van der Waals surface area (Å²) >= 11 is 6.05. The van der Waals surface area contributed by atoms with E-state index in [-0.39, 0.29) is 5.75 Å². The second-order valence-corrected chi connectivity index (χ2v) is 5.67. The van der Waals surface area contributed by atoms with Crippen LogP contribution in [0.5, 0.6) is 11.5 Å². The lowest BCUT2D eigenvalue weighted by molar-refractivity contribution is 0.251. The first-order chi connectivity index (χ1) is 9.05. The molecule has 0 saturated carbocycles. The summed E-state index contributed by atoms with van der Waals surface area (Å²) in [5, 5.41) is 10.7. The summed E-state index contributed by atoms with van der Waals surface area (Å²) in [5.74, 6) is 1.14. The van der Waals surface area contributed by atoms with Crippen molar-refractivity contribution in [2.45, 2.75) is 25.9 Å². The third-order valence-electron chi connectivity index (χ3n) is 3.84. The third kappa shape index (κ3) is 3.14. The molecule has 5 heteroatoms. The van der Waals surface area contributed by atoms with Crippen LogP contribution in [0, 0.1) is 5.92 Å². The molecule has 0 bridgehead atoms. The van der Waals surface area contributed by atoms with Gasteiger partial charge in [-0.25, -0.2) is 0 Å². The summed E-state index contributed by atoms with van der Waals surface area (Å²) in [6, 6.07) is 3.89. The van der Waals surface area contributed by atoms with Gasteiger partial charge in [0.2, 0.25) is 0 Å². The Labute approximate surface area is 119 Å². The van der Waals surface area contributed by atoms with Crippen molar-refractivity contribution in [3.05, 3.63) is 22.7 Å². The highest BCUT2D eigenvalue weighted by atomic mass is 35.5. The first-order valence-electron chi connectivity index (χ1n) is 6.54. The lowest BCUT2D eigenvalue weighted by atomic mass is 10.1. The number of likely N-dealkylation sites (tertiary alicyclic amines) is 1. The molecule has 106 valence electrons. The van der Waals surface area contributed by atoms with E-state index in [4.69, 9.17) is 22.1 Å². The molecule has 1 aromatic carbocycles. The molecule has 1 aliphatic rings. The average molecular weight is 285 g/mol. The number of hydrogen-bond donors (Lipinski definition) is 2. The van der Waals surface area contributed by atoms with Gasteiger partial charge in [0.05, 0.1) is 7.11 Å². The van der Waals surface area contributed by atoms with E-state index in [0.717, 1.165) is 18.5 Å². The maximum Gasteiger partial charge on any atom is 0.162 e. The minimum absolute atomic E-state index is 0.176. The van der Waals surface area contributed by atoms with Crippen LogP contribution < -0.4 is 10.5 Å². The molecular weight excluding hydrogens is 264 g/mol. The molecule has 19 heavy (non-hydrogen) atoms. The van der Waals surface area contributed by atoms with E-state index in [1.807, 2.05) is 0 Å². The molecule has 1 aliphatic heterocycles. The Balaban J connectivity index is 2.17. The molecule has 2 unspecified atom stereocenters. The van der Waals surface area contributed by atoms with Gasteiger partial charge >= 0.3 is 0 Å². The molecule has 1 heterocycles. The second kappa shape index (κ2) is 5.99. The van der Waals surface area contributed by atoms with Crippen LogP contribution in [0.4, 0.5) is 0 Å². The second-order valence-electron chi connectivity index (χ2n) is 5.23. The predicted octanol–water partition coefficient (Wildman–Crippen LogP) is 2.22. The van der Waals surface area contributed by atoms with E-state index in [1.165, 1.54) is 7.11 Å². The zero-order chi connectivity index (χ0) is 14.0. The first kappa shape index (κ1) is 14.4. The van der Waals surface area contributed by atoms with E-state index in [0.29, 0.717) is 35.8 Å². The van der Waals surface area contributed by atoms with Gasteiger partial charge in [0.15, 0.2) is 11.5 Å². The van der Waals surface area contributed by atoms with Crippen LogP contribution in [0.25, 0.3) is 0 Å². The topological polar surface area (TPSA) is 58.7 Å². The minimum Gasteiger partial charge on any atom is -0.504 e. The number of aromatic hydroxyl groups is 1. The van der Waals surface area contributed by atoms with Crippen LogP contribution in [-0.2, 0) is 6.54 Å². The van der Waals surface area contributed by atoms with Gasteiger partial charge in [0, 0.05) is 35.8 Å². The number of methoxy groups -OCH3 is 1. The predicted molar refractivity (Wildman–Crippen MR) is 76.7 cm³/mol. The van der Waals surface area contributed by atoms with E-state index in [2.05, 4.69) is 11.8 Å². The highest BCUT2D eigenvalue weighted by Crippen LogP contribution is 2.35. The van der Waals surface area contributed by atoms with E-state index < -0.39 is 0 Å². The third-order valence-corrected chi connectivity index (χ3v) is 4.05. The van der Waals surface area contributed by atoms with Crippen molar-refractivity contribution in [3.8, 4) is 11.5 Å². The fourth-order valence-electron chi connectivity index (χ4n) is 2.73. The molecule has 3 N–H and O–H groups in total. The fourth-order valence-corrected chi connectivity index (χ4v) is 2.96. The zero-order valence-corrected chi connectivity index (χ0v) is 12.2. The summed E-state index contributed by atoms with van der Waals surface area (Å²) in [6.45, 7) is 4.53. The lowest BCUT2D eigenvalue weighted by Crippen LogP contribution is -2.27. The quantitative estimate of drug-likeness (QED) is 0.890. The number of phenols is 1. The van der Waals surface area contributed by atoms with E-state index >= 15 is 0 Å². The highest BCUT2D eigenvalue weighted by Gasteiger charge is 2.28. The van der Waals surface area contributed by atoms with Gasteiger partial charge in [0.1, 0.15) is 0 Å². The van der Waals surface area contributed by atoms with Crippen molar-refractivity contribution in [2.75, 3.05) is 20.2 Å². The molecule has 4 nitrogen and oxygen atoms in total. The van der Waals surface area contributed by atoms with Crippen LogP contribution in [0.1, 0.15) is 18.9 Å². The van der Waals surface area contributed by atoms with Crippen molar-refractivity contribution in [2.24, 2.45) is 11.7 Å². The number of hydrogen-bond acceptors (Lipinski definition) is 4. The van der Waals surface area contributed by atoms with Crippen molar-refractivity contribution < 1.29 is 9.84 Å². The molecule has 0 aliphatic carbocycles. The standard InChI is InChI=1S/C14H21ClN2O2/c1-9-3-10(6-16)7-17(9)8-11-4-12(15)5-13(19-2)14(11)18/h4-5,9-10,18H,3,6-8,16H2,1-2H3. The molecule has 0 amide bonds. The Morgan fingerprint density at radius 1 is 1.53 bits per heavy atom. The normalized spacial score (nSPS) is 23.8. The summed E-state index contributed by atoms with van der Waals surface area (Å²) in [5.41, 5.74) is 6.53. The van der Waals surface area contributed by atoms with E-state index in [9.17, 15) is 5.11 Å². The van der Waals surface area contributed by atoms with Crippen LogP contribution >= 0.6 is 11.6 Å². The Hall–Kier alpha value is -0.970. The van der Waals surface area contributed by atoms with Crippen molar-refractivity contribution in [3.63, 3.8) is 0 Å². The minimum atomic E-state index is 0.176. The van der Waals surface area contributed by atoms with Gasteiger partial charge in [-0.2, -0.15) is 0 Å². The number of rotatable bonds is 4. The summed E-state index contributed by atoms with van der Waals surface area (Å²) in [6.07, 6.45) is 1.11. The summed E-state index contributed by atoms with van der Waals surface area (Å²) < 4.78 is 5.13. The smallest absolute Gasteiger partial charge is 0.162 e. The number of ether oxygens (including phenoxy) is 1. The number of halogens is 1. The number of nitrogens with two attached hydrogens (primary N) is 1.